The molecule has 0 bridgehead atoms. The Kier molecular flexibility index (Phi) is 8.59. The second-order valence-electron chi connectivity index (χ2n) is 10.8. The van der Waals surface area contributed by atoms with Crippen LogP contribution in [0.3, 0.4) is 0 Å². The summed E-state index contributed by atoms with van der Waals surface area (Å²) in [5, 5.41) is 15.3. The average molecular weight is 505 g/mol. The van der Waals surface area contributed by atoms with Gasteiger partial charge in [0.05, 0.1) is 12.1 Å². The Bertz CT molecular complexity index is 1140. The van der Waals surface area contributed by atoms with Gasteiger partial charge in [-0.3, -0.25) is 4.79 Å². The molecule has 2 rings (SSSR count). The molecule has 11 nitrogen and oxygen atoms in total. The topological polar surface area (TPSA) is 140 Å². The normalized spacial score (nSPS) is 13.6. The van der Waals surface area contributed by atoms with E-state index in [0.717, 1.165) is 0 Å². The number of aromatic carboxylic acids is 1. The Balaban J connectivity index is 2.40. The number of carboxylic acid groups (broad SMARTS) is 1. The molecule has 0 aromatic carbocycles. The van der Waals surface area contributed by atoms with Crippen molar-refractivity contribution in [2.75, 3.05) is 0 Å². The lowest BCUT2D eigenvalue weighted by Gasteiger charge is -2.25. The number of carboxylic acids is 1. The van der Waals surface area contributed by atoms with Crippen LogP contribution >= 0.6 is 0 Å². The summed E-state index contributed by atoms with van der Waals surface area (Å²) in [4.78, 5) is 46.4. The third kappa shape index (κ3) is 6.24. The van der Waals surface area contributed by atoms with Crippen molar-refractivity contribution < 1.29 is 24.2 Å². The zero-order valence-corrected chi connectivity index (χ0v) is 23.2. The van der Waals surface area contributed by atoms with Crippen molar-refractivity contribution in [3.63, 3.8) is 0 Å². The van der Waals surface area contributed by atoms with Crippen LogP contribution in [0.2, 0.25) is 0 Å². The third-order valence-electron chi connectivity index (χ3n) is 6.10. The molecule has 0 saturated heterocycles. The highest BCUT2D eigenvalue weighted by molar-refractivity contribution is 5.94. The minimum Gasteiger partial charge on any atom is -0.476 e. The highest BCUT2D eigenvalue weighted by Gasteiger charge is 2.31. The number of rotatable bonds is 8. The maximum atomic E-state index is 13.4. The number of carbonyl (C=O) groups excluding carboxylic acids is 2. The van der Waals surface area contributed by atoms with Crippen molar-refractivity contribution in [2.45, 2.75) is 80.0 Å². The summed E-state index contributed by atoms with van der Waals surface area (Å²) in [6, 6.07) is -1.03. The summed E-state index contributed by atoms with van der Waals surface area (Å²) in [6.07, 6.45) is -0.563. The van der Waals surface area contributed by atoms with Crippen molar-refractivity contribution in [3.05, 3.63) is 34.4 Å². The minimum atomic E-state index is -1.12. The molecule has 2 amide bonds. The van der Waals surface area contributed by atoms with Crippen molar-refractivity contribution >= 4 is 18.0 Å². The molecule has 200 valence electrons. The second kappa shape index (κ2) is 10.7. The van der Waals surface area contributed by atoms with E-state index in [4.69, 9.17) is 4.74 Å². The number of alkyl carbamates (subject to hydrolysis) is 1. The van der Waals surface area contributed by atoms with Gasteiger partial charge in [0.15, 0.2) is 5.69 Å². The van der Waals surface area contributed by atoms with E-state index in [0.29, 0.717) is 23.0 Å². The molecule has 0 aliphatic rings. The molecule has 36 heavy (non-hydrogen) atoms. The first-order valence-electron chi connectivity index (χ1n) is 12.1. The van der Waals surface area contributed by atoms with E-state index in [9.17, 15) is 19.5 Å². The van der Waals surface area contributed by atoms with Gasteiger partial charge in [-0.2, -0.15) is 0 Å². The molecule has 11 heteroatoms. The predicted molar refractivity (Wildman–Crippen MR) is 135 cm³/mol. The monoisotopic (exact) mass is 504 g/mol. The smallest absolute Gasteiger partial charge is 0.408 e. The van der Waals surface area contributed by atoms with Gasteiger partial charge in [-0.05, 0) is 46.5 Å². The second-order valence-corrected chi connectivity index (χ2v) is 10.8. The summed E-state index contributed by atoms with van der Waals surface area (Å²) in [5.74, 6) is -0.649. The number of hydrogen-bond acceptors (Lipinski definition) is 6. The first-order chi connectivity index (χ1) is 16.5. The van der Waals surface area contributed by atoms with E-state index in [1.165, 1.54) is 0 Å². The lowest BCUT2D eigenvalue weighted by Crippen LogP contribution is -2.38. The molecule has 0 spiro atoms. The van der Waals surface area contributed by atoms with E-state index in [-0.39, 0.29) is 23.2 Å². The number of ether oxygens (including phenoxy) is 1. The Hall–Kier alpha value is -3.37. The molecular weight excluding hydrogens is 464 g/mol. The van der Waals surface area contributed by atoms with Gasteiger partial charge in [0, 0.05) is 25.5 Å². The van der Waals surface area contributed by atoms with Gasteiger partial charge in [0.25, 0.3) is 5.91 Å². The van der Waals surface area contributed by atoms with Gasteiger partial charge in [-0.1, -0.05) is 27.7 Å². The van der Waals surface area contributed by atoms with Gasteiger partial charge in [-0.25, -0.2) is 19.6 Å². The Morgan fingerprint density at radius 2 is 1.25 bits per heavy atom. The average Bonchev–Trinajstić information content (AvgIpc) is 3.19. The van der Waals surface area contributed by atoms with Crippen LogP contribution in [-0.4, -0.2) is 47.8 Å². The minimum absolute atomic E-state index is 0.0256. The van der Waals surface area contributed by atoms with Crippen LogP contribution in [0.1, 0.15) is 105 Å². The van der Waals surface area contributed by atoms with E-state index >= 15 is 0 Å². The van der Waals surface area contributed by atoms with Crippen LogP contribution in [0.25, 0.3) is 0 Å². The van der Waals surface area contributed by atoms with Gasteiger partial charge < -0.3 is 29.6 Å². The quantitative estimate of drug-likeness (QED) is 0.496. The molecule has 0 saturated carbocycles. The maximum absolute atomic E-state index is 13.4. The lowest BCUT2D eigenvalue weighted by molar-refractivity contribution is 0.0485. The molecule has 2 heterocycles. The van der Waals surface area contributed by atoms with E-state index < -0.39 is 35.7 Å². The Morgan fingerprint density at radius 1 is 0.833 bits per heavy atom. The maximum Gasteiger partial charge on any atom is 0.408 e. The fourth-order valence-corrected chi connectivity index (χ4v) is 3.88. The Labute approximate surface area is 212 Å². The van der Waals surface area contributed by atoms with E-state index in [2.05, 4.69) is 20.6 Å². The summed E-state index contributed by atoms with van der Waals surface area (Å²) >= 11 is 0. The van der Waals surface area contributed by atoms with Crippen LogP contribution in [0.4, 0.5) is 4.79 Å². The van der Waals surface area contributed by atoms with Crippen molar-refractivity contribution in [3.8, 4) is 0 Å². The number of amides is 2. The van der Waals surface area contributed by atoms with Gasteiger partial charge >= 0.3 is 12.1 Å². The number of nitrogens with zero attached hydrogens (tertiary/aromatic N) is 4. The first-order valence-corrected chi connectivity index (χ1v) is 12.1. The summed E-state index contributed by atoms with van der Waals surface area (Å²) in [6.45, 7) is 16.6. The van der Waals surface area contributed by atoms with Gasteiger partial charge in [0.2, 0.25) is 0 Å². The Morgan fingerprint density at radius 3 is 1.64 bits per heavy atom. The van der Waals surface area contributed by atoms with Crippen LogP contribution in [0.15, 0.2) is 0 Å². The zero-order valence-electron chi connectivity index (χ0n) is 23.2. The van der Waals surface area contributed by atoms with Crippen molar-refractivity contribution in [1.29, 1.82) is 0 Å². The summed E-state index contributed by atoms with van der Waals surface area (Å²) in [7, 11) is 3.52. The number of hydrogen-bond donors (Lipinski definition) is 3. The van der Waals surface area contributed by atoms with E-state index in [1.807, 2.05) is 27.7 Å². The molecule has 0 unspecified atom stereocenters. The largest absolute Gasteiger partial charge is 0.476 e. The van der Waals surface area contributed by atoms with Crippen LogP contribution in [-0.2, 0) is 18.8 Å². The standard InChI is InChI=1S/C25H40N6O5/c1-12(2)16(20-27-19(23(33)34)15(6)31(20)11)28-22(32)18-14(5)30(10)21(26-18)17(13(3)4)29-24(35)36-25(7,8)9/h12-13,16-17H,1-11H3,(H,28,32)(H,29,35)(H,33,34)/t16-,17-/m0/s1. The molecule has 0 radical (unpaired) electrons. The van der Waals surface area contributed by atoms with Gasteiger partial charge in [-0.15, -0.1) is 0 Å². The highest BCUT2D eigenvalue weighted by atomic mass is 16.6. The van der Waals surface area contributed by atoms with E-state index in [1.54, 1.807) is 57.8 Å². The molecule has 2 aromatic rings. The fraction of sp³-hybridized carbons (Fsp3) is 0.640. The fourth-order valence-electron chi connectivity index (χ4n) is 3.88. The molecular formula is C25H40N6O5. The number of carbonyl (C=O) groups is 3. The molecule has 0 aliphatic carbocycles. The number of nitrogens with one attached hydrogen (secondary N) is 2. The van der Waals surface area contributed by atoms with Crippen LogP contribution in [0.5, 0.6) is 0 Å². The molecule has 3 N–H and O–H groups in total. The van der Waals surface area contributed by atoms with Crippen LogP contribution in [0, 0.1) is 25.7 Å². The lowest BCUT2D eigenvalue weighted by atomic mass is 10.0. The highest BCUT2D eigenvalue weighted by Crippen LogP contribution is 2.26. The molecule has 2 atom stereocenters. The van der Waals surface area contributed by atoms with Crippen molar-refractivity contribution in [2.24, 2.45) is 25.9 Å². The van der Waals surface area contributed by atoms with Crippen LogP contribution < -0.4 is 10.6 Å². The first kappa shape index (κ1) is 28.9. The number of aromatic nitrogens is 4. The van der Waals surface area contributed by atoms with Crippen molar-refractivity contribution in [1.82, 2.24) is 29.7 Å². The zero-order chi connectivity index (χ0) is 27.7. The third-order valence-corrected chi connectivity index (χ3v) is 6.10. The molecule has 0 aliphatic heterocycles. The number of imidazole rings is 2. The van der Waals surface area contributed by atoms with Gasteiger partial charge in [0.1, 0.15) is 22.9 Å². The summed E-state index contributed by atoms with van der Waals surface area (Å²) < 4.78 is 8.89. The predicted octanol–water partition coefficient (Wildman–Crippen LogP) is 3.82. The molecule has 0 fully saturated rings. The SMILES string of the molecule is Cc1c(C(=O)O)nc([C@@H](NC(=O)c2nc([C@@H](NC(=O)OC(C)(C)C)C(C)C)n(C)c2C)C(C)C)n1C. The molecule has 2 aromatic heterocycles. The summed E-state index contributed by atoms with van der Waals surface area (Å²) in [5.41, 5.74) is 0.658.